The van der Waals surface area contributed by atoms with Crippen LogP contribution < -0.4 is 5.32 Å². The molecule has 26 heavy (non-hydrogen) atoms. The lowest BCUT2D eigenvalue weighted by Gasteiger charge is -2.03. The fraction of sp³-hybridized carbons (Fsp3) is 0.250. The zero-order valence-electron chi connectivity index (χ0n) is 14.5. The maximum Gasteiger partial charge on any atom is 0.210 e. The summed E-state index contributed by atoms with van der Waals surface area (Å²) in [6.45, 7) is 2.06. The lowest BCUT2D eigenvalue weighted by atomic mass is 10.0. The summed E-state index contributed by atoms with van der Waals surface area (Å²) >= 11 is 2.91. The first-order valence-corrected chi connectivity index (χ1v) is 10.4. The van der Waals surface area contributed by atoms with Crippen molar-refractivity contribution in [3.8, 4) is 0 Å². The smallest absolute Gasteiger partial charge is 0.210 e. The van der Waals surface area contributed by atoms with E-state index in [9.17, 15) is 4.79 Å². The number of hydrogen-bond donors (Lipinski definition) is 1. The van der Waals surface area contributed by atoms with E-state index in [1.54, 1.807) is 0 Å². The second-order valence-corrected chi connectivity index (χ2v) is 8.61. The van der Waals surface area contributed by atoms with E-state index in [2.05, 4.69) is 34.6 Å². The highest BCUT2D eigenvalue weighted by Crippen LogP contribution is 2.29. The minimum atomic E-state index is 0.146. The lowest BCUT2D eigenvalue weighted by Crippen LogP contribution is -2.03. The minimum Gasteiger partial charge on any atom is -0.330 e. The van der Waals surface area contributed by atoms with E-state index in [0.29, 0.717) is 5.75 Å². The SMILES string of the molecule is Cc1ccc(Nc2nnc(SCC(=O)c3ccc4c(c3)CCC4)s2)cc1. The van der Waals surface area contributed by atoms with E-state index in [1.165, 1.54) is 46.2 Å². The number of ketones is 1. The van der Waals surface area contributed by atoms with Crippen LogP contribution in [0.2, 0.25) is 0 Å². The number of rotatable bonds is 6. The third kappa shape index (κ3) is 3.97. The van der Waals surface area contributed by atoms with Gasteiger partial charge < -0.3 is 5.32 Å². The lowest BCUT2D eigenvalue weighted by molar-refractivity contribution is 0.102. The average molecular weight is 382 g/mol. The molecule has 0 saturated heterocycles. The second kappa shape index (κ2) is 7.60. The summed E-state index contributed by atoms with van der Waals surface area (Å²) in [4.78, 5) is 12.5. The molecular formula is C20H19N3OS2. The van der Waals surface area contributed by atoms with Gasteiger partial charge in [0.15, 0.2) is 10.1 Å². The molecule has 0 amide bonds. The van der Waals surface area contributed by atoms with E-state index in [1.807, 2.05) is 30.3 Å². The van der Waals surface area contributed by atoms with Crippen molar-refractivity contribution < 1.29 is 4.79 Å². The highest BCUT2D eigenvalue weighted by Gasteiger charge is 2.15. The van der Waals surface area contributed by atoms with Crippen molar-refractivity contribution >= 4 is 39.7 Å². The van der Waals surface area contributed by atoms with Crippen LogP contribution in [0.1, 0.15) is 33.5 Å². The van der Waals surface area contributed by atoms with Gasteiger partial charge in [0.1, 0.15) is 0 Å². The molecule has 0 spiro atoms. The van der Waals surface area contributed by atoms with E-state index < -0.39 is 0 Å². The third-order valence-electron chi connectivity index (χ3n) is 4.46. The van der Waals surface area contributed by atoms with Gasteiger partial charge in [-0.2, -0.15) is 0 Å². The molecule has 0 atom stereocenters. The molecule has 4 rings (SSSR count). The molecule has 0 unspecified atom stereocenters. The Balaban J connectivity index is 1.35. The molecule has 1 N–H and O–H groups in total. The molecule has 0 radical (unpaired) electrons. The molecule has 2 aromatic carbocycles. The fourth-order valence-corrected chi connectivity index (χ4v) is 4.70. The van der Waals surface area contributed by atoms with Crippen LogP contribution in [-0.4, -0.2) is 21.7 Å². The van der Waals surface area contributed by atoms with Gasteiger partial charge in [-0.15, -0.1) is 10.2 Å². The van der Waals surface area contributed by atoms with Crippen LogP contribution in [0.15, 0.2) is 46.8 Å². The Morgan fingerprint density at radius 1 is 1.12 bits per heavy atom. The van der Waals surface area contributed by atoms with Crippen LogP contribution in [0.5, 0.6) is 0 Å². The number of Topliss-reactive ketones (excluding diaryl/α,β-unsaturated/α-hetero) is 1. The predicted octanol–water partition coefficient (Wildman–Crippen LogP) is 5.05. The first kappa shape index (κ1) is 17.2. The number of fused-ring (bicyclic) bond motifs is 1. The number of aryl methyl sites for hydroxylation is 3. The number of hydrogen-bond acceptors (Lipinski definition) is 6. The molecule has 0 fully saturated rings. The highest BCUT2D eigenvalue weighted by atomic mass is 32.2. The number of anilines is 2. The van der Waals surface area contributed by atoms with Crippen LogP contribution in [0.25, 0.3) is 0 Å². The number of thioether (sulfide) groups is 1. The van der Waals surface area contributed by atoms with Gasteiger partial charge >= 0.3 is 0 Å². The molecule has 1 aliphatic rings. The molecule has 1 aromatic heterocycles. The molecule has 0 bridgehead atoms. The number of carbonyl (C=O) groups is 1. The van der Waals surface area contributed by atoms with Crippen molar-refractivity contribution in [3.63, 3.8) is 0 Å². The summed E-state index contributed by atoms with van der Waals surface area (Å²) in [5, 5.41) is 12.3. The van der Waals surface area contributed by atoms with Crippen molar-refractivity contribution in [2.75, 3.05) is 11.1 Å². The number of aromatic nitrogens is 2. The molecule has 6 heteroatoms. The zero-order chi connectivity index (χ0) is 17.9. The maximum absolute atomic E-state index is 12.5. The van der Waals surface area contributed by atoms with E-state index in [0.717, 1.165) is 33.6 Å². The standard InChI is InChI=1S/C20H19N3OS2/c1-13-5-9-17(10-6-13)21-19-22-23-20(26-19)25-12-18(24)16-8-7-14-3-2-4-15(14)11-16/h5-11H,2-4,12H2,1H3,(H,21,22). The van der Waals surface area contributed by atoms with Gasteiger partial charge in [0, 0.05) is 11.3 Å². The molecule has 3 aromatic rings. The average Bonchev–Trinajstić information content (AvgIpc) is 3.30. The minimum absolute atomic E-state index is 0.146. The Labute approximate surface area is 161 Å². The van der Waals surface area contributed by atoms with Gasteiger partial charge in [0.05, 0.1) is 5.75 Å². The molecular weight excluding hydrogens is 362 g/mol. The Kier molecular flexibility index (Phi) is 5.04. The van der Waals surface area contributed by atoms with Gasteiger partial charge in [-0.3, -0.25) is 4.79 Å². The van der Waals surface area contributed by atoms with Crippen LogP contribution >= 0.6 is 23.1 Å². The van der Waals surface area contributed by atoms with E-state index in [-0.39, 0.29) is 5.78 Å². The number of benzene rings is 2. The van der Waals surface area contributed by atoms with Gasteiger partial charge in [-0.05, 0) is 55.5 Å². The normalized spacial score (nSPS) is 12.8. The highest BCUT2D eigenvalue weighted by molar-refractivity contribution is 8.01. The first-order chi connectivity index (χ1) is 12.7. The summed E-state index contributed by atoms with van der Waals surface area (Å²) in [5.74, 6) is 0.533. The quantitative estimate of drug-likeness (QED) is 0.478. The Morgan fingerprint density at radius 3 is 2.77 bits per heavy atom. The van der Waals surface area contributed by atoms with Crippen LogP contribution in [0, 0.1) is 6.92 Å². The second-order valence-electron chi connectivity index (χ2n) is 6.41. The molecule has 132 valence electrons. The van der Waals surface area contributed by atoms with Crippen molar-refractivity contribution in [1.29, 1.82) is 0 Å². The Hall–Kier alpha value is -2.18. The van der Waals surface area contributed by atoms with Crippen molar-refractivity contribution in [2.45, 2.75) is 30.5 Å². The van der Waals surface area contributed by atoms with Crippen molar-refractivity contribution in [1.82, 2.24) is 10.2 Å². The molecule has 1 aliphatic carbocycles. The van der Waals surface area contributed by atoms with Gasteiger partial charge in [0.2, 0.25) is 5.13 Å². The van der Waals surface area contributed by atoms with Gasteiger partial charge in [-0.1, -0.05) is 52.9 Å². The van der Waals surface area contributed by atoms with Crippen molar-refractivity contribution in [3.05, 3.63) is 64.7 Å². The molecule has 0 saturated carbocycles. The van der Waals surface area contributed by atoms with E-state index in [4.69, 9.17) is 0 Å². The first-order valence-electron chi connectivity index (χ1n) is 8.62. The Bertz CT molecular complexity index is 934. The monoisotopic (exact) mass is 381 g/mol. The van der Waals surface area contributed by atoms with Gasteiger partial charge in [-0.25, -0.2) is 0 Å². The van der Waals surface area contributed by atoms with Crippen LogP contribution in [-0.2, 0) is 12.8 Å². The topological polar surface area (TPSA) is 54.9 Å². The predicted molar refractivity (Wildman–Crippen MR) is 108 cm³/mol. The number of carbonyl (C=O) groups excluding carboxylic acids is 1. The fourth-order valence-electron chi connectivity index (χ4n) is 3.03. The molecule has 4 nitrogen and oxygen atoms in total. The third-order valence-corrected chi connectivity index (χ3v) is 6.43. The molecule has 1 heterocycles. The van der Waals surface area contributed by atoms with Crippen LogP contribution in [0.3, 0.4) is 0 Å². The largest absolute Gasteiger partial charge is 0.330 e. The molecule has 0 aliphatic heterocycles. The summed E-state index contributed by atoms with van der Waals surface area (Å²) in [5.41, 5.74) is 5.74. The maximum atomic E-state index is 12.5. The summed E-state index contributed by atoms with van der Waals surface area (Å²) in [6.07, 6.45) is 3.43. The number of nitrogens with one attached hydrogen (secondary N) is 1. The van der Waals surface area contributed by atoms with E-state index >= 15 is 0 Å². The zero-order valence-corrected chi connectivity index (χ0v) is 16.1. The van der Waals surface area contributed by atoms with Gasteiger partial charge in [0.25, 0.3) is 0 Å². The number of nitrogens with zero attached hydrogens (tertiary/aromatic N) is 2. The van der Waals surface area contributed by atoms with Crippen molar-refractivity contribution in [2.24, 2.45) is 0 Å². The Morgan fingerprint density at radius 2 is 1.92 bits per heavy atom. The summed E-state index contributed by atoms with van der Waals surface area (Å²) in [6, 6.07) is 14.3. The summed E-state index contributed by atoms with van der Waals surface area (Å²) in [7, 11) is 0. The van der Waals surface area contributed by atoms with Crippen LogP contribution in [0.4, 0.5) is 10.8 Å². The summed E-state index contributed by atoms with van der Waals surface area (Å²) < 4.78 is 0.800.